The molecule has 110 valence electrons. The van der Waals surface area contributed by atoms with Crippen LogP contribution in [0.1, 0.15) is 17.0 Å². The van der Waals surface area contributed by atoms with Crippen molar-refractivity contribution in [2.45, 2.75) is 6.42 Å². The van der Waals surface area contributed by atoms with Crippen molar-refractivity contribution in [2.24, 2.45) is 5.92 Å². The smallest absolute Gasteiger partial charge is 0.375 e. The maximum absolute atomic E-state index is 12.6. The van der Waals surface area contributed by atoms with Crippen LogP contribution >= 0.6 is 0 Å². The number of H-pyrrole nitrogens is 1. The number of halogens is 1. The molecule has 1 aromatic rings. The van der Waals surface area contributed by atoms with Crippen LogP contribution in [0.3, 0.4) is 0 Å². The number of hydrogen-bond donors (Lipinski definition) is 1. The molecule has 0 aromatic carbocycles. The molecule has 1 aliphatic heterocycles. The number of aromatic nitrogens is 3. The molecule has 0 bridgehead atoms. The summed E-state index contributed by atoms with van der Waals surface area (Å²) in [4.78, 5) is 27.8. The predicted molar refractivity (Wildman–Crippen MR) is 63.1 cm³/mol. The second-order valence-electron chi connectivity index (χ2n) is 4.26. The summed E-state index contributed by atoms with van der Waals surface area (Å²) in [7, 11) is -3.49. The fraction of sp³-hybridized carbons (Fsp3) is 0.556. The van der Waals surface area contributed by atoms with Crippen molar-refractivity contribution >= 4 is 28.0 Å². The lowest BCUT2D eigenvalue weighted by atomic mass is 10.1. The lowest BCUT2D eigenvalue weighted by Gasteiger charge is -2.10. The summed E-state index contributed by atoms with van der Waals surface area (Å²) in [6, 6.07) is 0. The normalized spacial score (nSPS) is 19.4. The number of esters is 1. The third-order valence-electron chi connectivity index (χ3n) is 2.73. The lowest BCUT2D eigenvalue weighted by molar-refractivity contribution is -0.117. The largest absolute Gasteiger partial charge is 0.463 e. The van der Waals surface area contributed by atoms with Crippen LogP contribution in [-0.2, 0) is 19.8 Å². The van der Waals surface area contributed by atoms with Gasteiger partial charge in [0, 0.05) is 18.9 Å². The van der Waals surface area contributed by atoms with Crippen molar-refractivity contribution in [2.75, 3.05) is 24.3 Å². The molecule has 1 atom stereocenters. The Bertz CT molecular complexity index is 643. The monoisotopic (exact) mass is 306 g/mol. The van der Waals surface area contributed by atoms with Gasteiger partial charge in [0.2, 0.25) is 11.7 Å². The fourth-order valence-electron chi connectivity index (χ4n) is 1.93. The topological polar surface area (TPSA) is 122 Å². The van der Waals surface area contributed by atoms with Crippen LogP contribution in [0.5, 0.6) is 0 Å². The third-order valence-corrected chi connectivity index (χ3v) is 3.60. The number of hydrogen-bond acceptors (Lipinski definition) is 7. The molecule has 0 spiro atoms. The van der Waals surface area contributed by atoms with Gasteiger partial charge in [-0.3, -0.25) is 14.8 Å². The van der Waals surface area contributed by atoms with Crippen molar-refractivity contribution in [1.29, 1.82) is 0 Å². The quantitative estimate of drug-likeness (QED) is 0.573. The first-order valence-corrected chi connectivity index (χ1v) is 7.09. The van der Waals surface area contributed by atoms with Crippen molar-refractivity contribution in [3.8, 4) is 0 Å². The molecule has 1 amide bonds. The van der Waals surface area contributed by atoms with Gasteiger partial charge in [0.05, 0.1) is 12.9 Å². The molecular formula is C9H11FN4O5S. The molecule has 2 heterocycles. The van der Waals surface area contributed by atoms with E-state index in [1.165, 1.54) is 0 Å². The summed E-state index contributed by atoms with van der Waals surface area (Å²) in [5.41, 5.74) is 0. The molecule has 2 rings (SSSR count). The second-order valence-corrected chi connectivity index (χ2v) is 5.67. The summed E-state index contributed by atoms with van der Waals surface area (Å²) in [6.07, 6.45) is -0.120. The van der Waals surface area contributed by atoms with E-state index in [1.54, 1.807) is 0 Å². The van der Waals surface area contributed by atoms with Crippen LogP contribution < -0.4 is 4.90 Å². The highest BCUT2D eigenvalue weighted by Gasteiger charge is 2.35. The van der Waals surface area contributed by atoms with Gasteiger partial charge in [0.15, 0.2) is 0 Å². The number of ether oxygens (including phenoxy) is 1. The van der Waals surface area contributed by atoms with Crippen LogP contribution in [0.2, 0.25) is 0 Å². The fourth-order valence-corrected chi connectivity index (χ4v) is 2.72. The average Bonchev–Trinajstić information content (AvgIpc) is 2.92. The van der Waals surface area contributed by atoms with E-state index in [-0.39, 0.29) is 24.7 Å². The minimum atomic E-state index is -4.65. The maximum atomic E-state index is 12.6. The van der Waals surface area contributed by atoms with Crippen molar-refractivity contribution in [3.05, 3.63) is 5.82 Å². The van der Waals surface area contributed by atoms with Gasteiger partial charge in [-0.1, -0.05) is 0 Å². The molecule has 0 aliphatic carbocycles. The van der Waals surface area contributed by atoms with E-state index < -0.39 is 33.8 Å². The number of carbonyl (C=O) groups excluding carboxylic acids is 2. The Morgan fingerprint density at radius 1 is 1.60 bits per heavy atom. The Kier molecular flexibility index (Phi) is 3.70. The van der Waals surface area contributed by atoms with E-state index in [0.29, 0.717) is 0 Å². The minimum absolute atomic E-state index is 0.0273. The summed E-state index contributed by atoms with van der Waals surface area (Å²) >= 11 is 0. The Labute approximate surface area is 113 Å². The summed E-state index contributed by atoms with van der Waals surface area (Å²) in [5, 5.41) is 5.97. The van der Waals surface area contributed by atoms with Gasteiger partial charge in [0.25, 0.3) is 5.95 Å². The van der Waals surface area contributed by atoms with Gasteiger partial charge in [0.1, 0.15) is 0 Å². The lowest BCUT2D eigenvalue weighted by Crippen LogP contribution is -2.26. The van der Waals surface area contributed by atoms with Crippen molar-refractivity contribution < 1.29 is 26.6 Å². The zero-order valence-corrected chi connectivity index (χ0v) is 11.2. The van der Waals surface area contributed by atoms with Crippen LogP contribution in [0, 0.1) is 5.92 Å². The molecule has 0 radical (unpaired) electrons. The number of rotatable bonds is 4. The van der Waals surface area contributed by atoms with Gasteiger partial charge in [-0.15, -0.1) is 8.98 Å². The average molecular weight is 306 g/mol. The minimum Gasteiger partial charge on any atom is -0.463 e. The molecule has 1 unspecified atom stereocenters. The molecule has 1 aliphatic rings. The number of anilines is 1. The number of amides is 1. The first-order chi connectivity index (χ1) is 9.30. The number of nitrogens with zero attached hydrogens (tertiary/aromatic N) is 3. The van der Waals surface area contributed by atoms with Gasteiger partial charge >= 0.3 is 16.2 Å². The molecule has 1 N–H and O–H groups in total. The van der Waals surface area contributed by atoms with E-state index in [9.17, 15) is 21.9 Å². The SMILES string of the molecule is COC(=O)c1nc(N2CC(CS(=O)(=O)F)CC2=O)n[nH]1. The highest BCUT2D eigenvalue weighted by molar-refractivity contribution is 7.86. The van der Waals surface area contributed by atoms with E-state index in [4.69, 9.17) is 0 Å². The zero-order valence-electron chi connectivity index (χ0n) is 10.4. The summed E-state index contributed by atoms with van der Waals surface area (Å²) in [6.45, 7) is -0.0273. The first kappa shape index (κ1) is 14.4. The predicted octanol–water partition coefficient (Wildman–Crippen LogP) is -0.757. The Balaban J connectivity index is 2.12. The Morgan fingerprint density at radius 3 is 2.90 bits per heavy atom. The summed E-state index contributed by atoms with van der Waals surface area (Å²) < 4.78 is 38.2. The second kappa shape index (κ2) is 5.15. The zero-order chi connectivity index (χ0) is 14.9. The maximum Gasteiger partial charge on any atom is 0.375 e. The molecule has 9 nitrogen and oxygen atoms in total. The molecule has 1 saturated heterocycles. The van der Waals surface area contributed by atoms with E-state index in [1.807, 2.05) is 0 Å². The van der Waals surface area contributed by atoms with E-state index >= 15 is 0 Å². The number of carbonyl (C=O) groups is 2. The molecule has 1 fully saturated rings. The number of methoxy groups -OCH3 is 1. The Hall–Kier alpha value is -2.04. The first-order valence-electron chi connectivity index (χ1n) is 5.53. The molecule has 0 saturated carbocycles. The summed E-state index contributed by atoms with van der Waals surface area (Å²) in [5.74, 6) is -2.85. The molecule has 11 heteroatoms. The van der Waals surface area contributed by atoms with Gasteiger partial charge in [-0.2, -0.15) is 13.4 Å². The van der Waals surface area contributed by atoms with Crippen LogP contribution in [0.25, 0.3) is 0 Å². The number of aromatic amines is 1. The highest BCUT2D eigenvalue weighted by atomic mass is 32.3. The van der Waals surface area contributed by atoms with Gasteiger partial charge < -0.3 is 4.74 Å². The Morgan fingerprint density at radius 2 is 2.30 bits per heavy atom. The highest BCUT2D eigenvalue weighted by Crippen LogP contribution is 2.23. The van der Waals surface area contributed by atoms with Gasteiger partial charge in [-0.25, -0.2) is 4.79 Å². The van der Waals surface area contributed by atoms with Crippen LogP contribution in [0.4, 0.5) is 9.83 Å². The third kappa shape index (κ3) is 3.10. The van der Waals surface area contributed by atoms with Crippen molar-refractivity contribution in [1.82, 2.24) is 15.2 Å². The molecular weight excluding hydrogens is 295 g/mol. The van der Waals surface area contributed by atoms with Gasteiger partial charge in [-0.05, 0) is 0 Å². The number of nitrogens with one attached hydrogen (secondary N) is 1. The molecule has 20 heavy (non-hydrogen) atoms. The van der Waals surface area contributed by atoms with E-state index in [2.05, 4.69) is 19.9 Å². The van der Waals surface area contributed by atoms with Crippen molar-refractivity contribution in [3.63, 3.8) is 0 Å². The standard InChI is InChI=1S/C9H11FN4O5S/c1-19-8(16)7-11-9(13-12-7)14-3-5(2-6(14)15)4-20(10,17)18/h5H,2-4H2,1H3,(H,11,12,13). The van der Waals surface area contributed by atoms with Crippen LogP contribution in [0.15, 0.2) is 0 Å². The van der Waals surface area contributed by atoms with E-state index in [0.717, 1.165) is 12.0 Å². The van der Waals surface area contributed by atoms with Crippen LogP contribution in [-0.4, -0.2) is 54.9 Å². The molecule has 1 aromatic heterocycles.